The molecule has 0 aliphatic carbocycles. The molecule has 140 valence electrons. The highest BCUT2D eigenvalue weighted by molar-refractivity contribution is 9.10. The van der Waals surface area contributed by atoms with Crippen molar-refractivity contribution in [2.75, 3.05) is 5.32 Å². The van der Waals surface area contributed by atoms with E-state index in [0.717, 1.165) is 10.2 Å². The van der Waals surface area contributed by atoms with Gasteiger partial charge in [-0.05, 0) is 39.7 Å². The van der Waals surface area contributed by atoms with Gasteiger partial charge in [-0.3, -0.25) is 19.0 Å². The van der Waals surface area contributed by atoms with Gasteiger partial charge < -0.3 is 10.4 Å². The lowest BCUT2D eigenvalue weighted by molar-refractivity contribution is -0.137. The predicted octanol–water partition coefficient (Wildman–Crippen LogP) is 3.53. The molecular weight excluding hydrogens is 461 g/mol. The number of nitrogens with zero attached hydrogens (tertiary/aromatic N) is 4. The van der Waals surface area contributed by atoms with Crippen LogP contribution >= 0.6 is 39.1 Å². The number of carbonyl (C=O) groups is 2. The molecule has 3 rings (SSSR count). The third-order valence-electron chi connectivity index (χ3n) is 3.45. The van der Waals surface area contributed by atoms with Crippen LogP contribution in [0.5, 0.6) is 0 Å². The quantitative estimate of drug-likeness (QED) is 0.571. The van der Waals surface area contributed by atoms with Crippen LogP contribution in [0.4, 0.5) is 5.82 Å². The molecule has 27 heavy (non-hydrogen) atoms. The zero-order valence-corrected chi connectivity index (χ0v) is 16.7. The Hall–Kier alpha value is -2.36. The molecule has 1 aromatic carbocycles. The smallest absolute Gasteiger partial charge is 0.325 e. The van der Waals surface area contributed by atoms with Gasteiger partial charge in [0.1, 0.15) is 6.54 Å². The number of hydrogen-bond donors (Lipinski definition) is 2. The van der Waals surface area contributed by atoms with Crippen LogP contribution in [-0.4, -0.2) is 36.5 Å². The van der Waals surface area contributed by atoms with Gasteiger partial charge in [0.15, 0.2) is 11.5 Å². The molecular formula is C16H12BrCl2N5O3. The summed E-state index contributed by atoms with van der Waals surface area (Å²) in [4.78, 5) is 23.0. The van der Waals surface area contributed by atoms with Crippen molar-refractivity contribution in [1.29, 1.82) is 0 Å². The number of aromatic nitrogens is 4. The normalized spacial score (nSPS) is 10.8. The number of aliphatic carboxylic acids is 1. The highest BCUT2D eigenvalue weighted by atomic mass is 79.9. The number of carboxylic acids is 1. The number of halogens is 3. The van der Waals surface area contributed by atoms with Crippen molar-refractivity contribution < 1.29 is 14.7 Å². The number of rotatable bonds is 6. The molecule has 2 heterocycles. The first kappa shape index (κ1) is 19.4. The van der Waals surface area contributed by atoms with E-state index in [4.69, 9.17) is 28.3 Å². The molecule has 1 amide bonds. The van der Waals surface area contributed by atoms with Gasteiger partial charge in [-0.25, -0.2) is 0 Å². The number of nitrogens with one attached hydrogen (secondary N) is 1. The van der Waals surface area contributed by atoms with E-state index < -0.39 is 11.9 Å². The molecule has 0 aliphatic rings. The molecule has 0 bridgehead atoms. The fourth-order valence-electron chi connectivity index (χ4n) is 2.27. The Kier molecular flexibility index (Phi) is 5.83. The fraction of sp³-hybridized carbons (Fsp3) is 0.125. The molecule has 0 saturated heterocycles. The van der Waals surface area contributed by atoms with Crippen molar-refractivity contribution in [3.8, 4) is 0 Å². The number of hydrogen-bond acceptors (Lipinski definition) is 4. The molecule has 0 spiro atoms. The Morgan fingerprint density at radius 2 is 1.93 bits per heavy atom. The number of carboxylic acid groups (broad SMARTS) is 1. The average molecular weight is 473 g/mol. The first-order valence-electron chi connectivity index (χ1n) is 7.55. The van der Waals surface area contributed by atoms with Gasteiger partial charge in [0.25, 0.3) is 5.91 Å². The number of carbonyl (C=O) groups excluding carboxylic acids is 1. The summed E-state index contributed by atoms with van der Waals surface area (Å²) in [5.41, 5.74) is 0.979. The molecule has 0 atom stereocenters. The van der Waals surface area contributed by atoms with E-state index in [9.17, 15) is 9.59 Å². The first-order valence-corrected chi connectivity index (χ1v) is 9.10. The molecule has 8 nitrogen and oxygen atoms in total. The zero-order chi connectivity index (χ0) is 19.6. The van der Waals surface area contributed by atoms with Crippen molar-refractivity contribution >= 4 is 56.8 Å². The Labute approximate surface area is 171 Å². The van der Waals surface area contributed by atoms with Crippen LogP contribution in [-0.2, 0) is 17.9 Å². The maximum absolute atomic E-state index is 12.3. The van der Waals surface area contributed by atoms with Crippen LogP contribution < -0.4 is 5.32 Å². The van der Waals surface area contributed by atoms with Crippen LogP contribution in [0, 0.1) is 0 Å². The SMILES string of the molecule is O=C(O)Cn1ccc(C(=O)Nc2nn(Cc3ccc(Cl)c(Cl)c3)cc2Br)n1. The molecule has 2 aromatic heterocycles. The summed E-state index contributed by atoms with van der Waals surface area (Å²) in [6, 6.07) is 6.71. The second-order valence-electron chi connectivity index (χ2n) is 5.52. The van der Waals surface area contributed by atoms with Crippen LogP contribution in [0.15, 0.2) is 41.1 Å². The second kappa shape index (κ2) is 8.12. The molecule has 0 unspecified atom stereocenters. The van der Waals surface area contributed by atoms with E-state index >= 15 is 0 Å². The summed E-state index contributed by atoms with van der Waals surface area (Å²) in [7, 11) is 0. The number of benzene rings is 1. The second-order valence-corrected chi connectivity index (χ2v) is 7.19. The largest absolute Gasteiger partial charge is 0.480 e. The minimum absolute atomic E-state index is 0.0854. The summed E-state index contributed by atoms with van der Waals surface area (Å²) >= 11 is 15.3. The van der Waals surface area contributed by atoms with Crippen LogP contribution in [0.25, 0.3) is 0 Å². The van der Waals surface area contributed by atoms with E-state index in [1.807, 2.05) is 6.07 Å². The van der Waals surface area contributed by atoms with Gasteiger partial charge >= 0.3 is 5.97 Å². The maximum Gasteiger partial charge on any atom is 0.325 e. The van der Waals surface area contributed by atoms with Crippen molar-refractivity contribution in [1.82, 2.24) is 19.6 Å². The van der Waals surface area contributed by atoms with Crippen LogP contribution in [0.3, 0.4) is 0 Å². The predicted molar refractivity (Wildman–Crippen MR) is 103 cm³/mol. The summed E-state index contributed by atoms with van der Waals surface area (Å²) in [6.45, 7) is 0.105. The molecule has 0 saturated carbocycles. The fourth-order valence-corrected chi connectivity index (χ4v) is 3.00. The van der Waals surface area contributed by atoms with Gasteiger partial charge in [-0.2, -0.15) is 10.2 Å². The van der Waals surface area contributed by atoms with E-state index in [1.54, 1.807) is 23.0 Å². The monoisotopic (exact) mass is 471 g/mol. The van der Waals surface area contributed by atoms with Crippen molar-refractivity contribution in [2.45, 2.75) is 13.1 Å². The minimum Gasteiger partial charge on any atom is -0.480 e. The van der Waals surface area contributed by atoms with Gasteiger partial charge in [0, 0.05) is 12.4 Å². The van der Waals surface area contributed by atoms with Gasteiger partial charge in [-0.1, -0.05) is 29.3 Å². The highest BCUT2D eigenvalue weighted by Crippen LogP contribution is 2.25. The van der Waals surface area contributed by atoms with E-state index in [2.05, 4.69) is 31.4 Å². The standard InChI is InChI=1S/C16H12BrCl2N5O3/c17-10-7-24(6-9-1-2-11(18)12(19)5-9)22-15(10)20-16(27)13-3-4-23(21-13)8-14(25)26/h1-5,7H,6,8H2,(H,25,26)(H,20,22,27). The minimum atomic E-state index is -1.05. The lowest BCUT2D eigenvalue weighted by Crippen LogP contribution is -2.15. The van der Waals surface area contributed by atoms with Crippen LogP contribution in [0.1, 0.15) is 16.1 Å². The summed E-state index contributed by atoms with van der Waals surface area (Å²) in [5.74, 6) is -1.23. The van der Waals surface area contributed by atoms with Crippen molar-refractivity contribution in [3.63, 3.8) is 0 Å². The molecule has 11 heteroatoms. The third kappa shape index (κ3) is 4.88. The summed E-state index contributed by atoms with van der Waals surface area (Å²) in [5, 5.41) is 20.5. The molecule has 0 aliphatic heterocycles. The lowest BCUT2D eigenvalue weighted by atomic mass is 10.2. The van der Waals surface area contributed by atoms with Crippen molar-refractivity contribution in [2.24, 2.45) is 0 Å². The molecule has 2 N–H and O–H groups in total. The van der Waals surface area contributed by atoms with Gasteiger partial charge in [0.05, 0.1) is 21.1 Å². The Morgan fingerprint density at radius 3 is 2.63 bits per heavy atom. The summed E-state index contributed by atoms with van der Waals surface area (Å²) in [6.07, 6.45) is 3.13. The highest BCUT2D eigenvalue weighted by Gasteiger charge is 2.15. The van der Waals surface area contributed by atoms with Gasteiger partial charge in [0.2, 0.25) is 0 Å². The maximum atomic E-state index is 12.3. The topological polar surface area (TPSA) is 102 Å². The van der Waals surface area contributed by atoms with E-state index in [0.29, 0.717) is 26.9 Å². The van der Waals surface area contributed by atoms with E-state index in [1.165, 1.54) is 12.3 Å². The lowest BCUT2D eigenvalue weighted by Gasteiger charge is -2.04. The molecule has 0 radical (unpaired) electrons. The first-order chi connectivity index (χ1) is 12.8. The van der Waals surface area contributed by atoms with Gasteiger partial charge in [-0.15, -0.1) is 0 Å². The number of amides is 1. The zero-order valence-electron chi connectivity index (χ0n) is 13.6. The Morgan fingerprint density at radius 1 is 1.15 bits per heavy atom. The Bertz CT molecular complexity index is 1020. The number of anilines is 1. The van der Waals surface area contributed by atoms with Crippen LogP contribution in [0.2, 0.25) is 10.0 Å². The van der Waals surface area contributed by atoms with E-state index in [-0.39, 0.29) is 12.2 Å². The average Bonchev–Trinajstić information content (AvgIpc) is 3.18. The third-order valence-corrected chi connectivity index (χ3v) is 4.77. The van der Waals surface area contributed by atoms with Crippen molar-refractivity contribution in [3.05, 3.63) is 62.4 Å². The summed E-state index contributed by atoms with van der Waals surface area (Å²) < 4.78 is 3.37. The molecule has 3 aromatic rings. The molecule has 0 fully saturated rings. The Balaban J connectivity index is 1.70.